The van der Waals surface area contributed by atoms with Crippen molar-refractivity contribution in [2.24, 2.45) is 5.73 Å². The van der Waals surface area contributed by atoms with E-state index < -0.39 is 0 Å². The van der Waals surface area contributed by atoms with Crippen LogP contribution in [0.1, 0.15) is 24.9 Å². The van der Waals surface area contributed by atoms with Crippen molar-refractivity contribution in [2.45, 2.75) is 25.4 Å². The van der Waals surface area contributed by atoms with Gasteiger partial charge in [-0.15, -0.1) is 0 Å². The number of nitrogens with two attached hydrogens (primary N) is 1. The molecule has 0 fully saturated rings. The van der Waals surface area contributed by atoms with Crippen molar-refractivity contribution in [3.05, 3.63) is 64.8 Å². The summed E-state index contributed by atoms with van der Waals surface area (Å²) in [6, 6.07) is 16.5. The van der Waals surface area contributed by atoms with Gasteiger partial charge in [0.1, 0.15) is 0 Å². The Morgan fingerprint density at radius 2 is 1.86 bits per heavy atom. The SMILES string of the molecule is CCC(N)C(c1ccccc1Br)n1ncc2ccccc21. The maximum absolute atomic E-state index is 6.42. The first-order chi connectivity index (χ1) is 10.2. The molecular formula is C17H18BrN3. The van der Waals surface area contributed by atoms with E-state index in [2.05, 4.69) is 52.2 Å². The largest absolute Gasteiger partial charge is 0.326 e. The molecule has 4 heteroatoms. The molecule has 3 rings (SSSR count). The Morgan fingerprint density at radius 3 is 2.62 bits per heavy atom. The molecule has 2 atom stereocenters. The average molecular weight is 344 g/mol. The van der Waals surface area contributed by atoms with Crippen LogP contribution in [0.3, 0.4) is 0 Å². The summed E-state index contributed by atoms with van der Waals surface area (Å²) in [7, 11) is 0. The fourth-order valence-electron chi connectivity index (χ4n) is 2.70. The molecule has 3 aromatic rings. The zero-order chi connectivity index (χ0) is 14.8. The summed E-state index contributed by atoms with van der Waals surface area (Å²) in [5.74, 6) is 0. The first-order valence-corrected chi connectivity index (χ1v) is 7.94. The number of hydrogen-bond acceptors (Lipinski definition) is 2. The second kappa shape index (κ2) is 6.00. The zero-order valence-electron chi connectivity index (χ0n) is 11.9. The Kier molecular flexibility index (Phi) is 4.08. The van der Waals surface area contributed by atoms with E-state index >= 15 is 0 Å². The molecule has 2 N–H and O–H groups in total. The van der Waals surface area contributed by atoms with Crippen LogP contribution >= 0.6 is 15.9 Å². The molecule has 108 valence electrons. The molecule has 1 heterocycles. The Morgan fingerprint density at radius 1 is 1.14 bits per heavy atom. The smallest absolute Gasteiger partial charge is 0.0937 e. The van der Waals surface area contributed by atoms with Crippen molar-refractivity contribution in [3.8, 4) is 0 Å². The molecule has 1 aromatic heterocycles. The third kappa shape index (κ3) is 2.61. The number of halogens is 1. The quantitative estimate of drug-likeness (QED) is 0.774. The number of hydrogen-bond donors (Lipinski definition) is 1. The van der Waals surface area contributed by atoms with Crippen LogP contribution in [0.5, 0.6) is 0 Å². The topological polar surface area (TPSA) is 43.8 Å². The van der Waals surface area contributed by atoms with Crippen LogP contribution in [-0.2, 0) is 0 Å². The van der Waals surface area contributed by atoms with Crippen LogP contribution in [0.4, 0.5) is 0 Å². The fraction of sp³-hybridized carbons (Fsp3) is 0.235. The first kappa shape index (κ1) is 14.3. The maximum atomic E-state index is 6.42. The second-order valence-electron chi connectivity index (χ2n) is 5.19. The van der Waals surface area contributed by atoms with Gasteiger partial charge in [0.15, 0.2) is 0 Å². The van der Waals surface area contributed by atoms with Crippen LogP contribution in [-0.4, -0.2) is 15.8 Å². The molecule has 21 heavy (non-hydrogen) atoms. The van der Waals surface area contributed by atoms with Crippen molar-refractivity contribution in [3.63, 3.8) is 0 Å². The Balaban J connectivity index is 2.19. The van der Waals surface area contributed by atoms with Crippen molar-refractivity contribution < 1.29 is 0 Å². The van der Waals surface area contributed by atoms with Crippen LogP contribution in [0.25, 0.3) is 10.9 Å². The summed E-state index contributed by atoms with van der Waals surface area (Å²) in [6.45, 7) is 2.11. The molecule has 0 radical (unpaired) electrons. The summed E-state index contributed by atoms with van der Waals surface area (Å²) >= 11 is 3.65. The normalized spacial score (nSPS) is 14.2. The van der Waals surface area contributed by atoms with Crippen molar-refractivity contribution in [1.29, 1.82) is 0 Å². The molecule has 3 nitrogen and oxygen atoms in total. The number of benzene rings is 2. The van der Waals surface area contributed by atoms with Crippen LogP contribution in [0.2, 0.25) is 0 Å². The number of nitrogens with zero attached hydrogens (tertiary/aromatic N) is 2. The highest BCUT2D eigenvalue weighted by Crippen LogP contribution is 2.31. The van der Waals surface area contributed by atoms with Gasteiger partial charge in [0, 0.05) is 15.9 Å². The minimum Gasteiger partial charge on any atom is -0.326 e. The van der Waals surface area contributed by atoms with Crippen molar-refractivity contribution in [1.82, 2.24) is 9.78 Å². The number of fused-ring (bicyclic) bond motifs is 1. The molecule has 0 spiro atoms. The molecule has 2 aromatic carbocycles. The number of aromatic nitrogens is 2. The Labute approximate surface area is 132 Å². The monoisotopic (exact) mass is 343 g/mol. The maximum Gasteiger partial charge on any atom is 0.0937 e. The van der Waals surface area contributed by atoms with Gasteiger partial charge in [-0.05, 0) is 24.1 Å². The summed E-state index contributed by atoms with van der Waals surface area (Å²) in [5.41, 5.74) is 8.70. The molecule has 0 amide bonds. The minimum atomic E-state index is 0.00649. The molecule has 0 saturated carbocycles. The van der Waals surface area contributed by atoms with Crippen molar-refractivity contribution in [2.75, 3.05) is 0 Å². The van der Waals surface area contributed by atoms with Gasteiger partial charge in [-0.3, -0.25) is 4.68 Å². The molecule has 0 saturated heterocycles. The minimum absolute atomic E-state index is 0.00649. The second-order valence-corrected chi connectivity index (χ2v) is 6.04. The van der Waals surface area contributed by atoms with Crippen LogP contribution in [0.15, 0.2) is 59.2 Å². The molecule has 0 aliphatic rings. The fourth-order valence-corrected chi connectivity index (χ4v) is 3.21. The standard InChI is InChI=1S/C17H18BrN3/c1-2-15(19)17(13-8-4-5-9-14(13)18)21-16-10-6-3-7-12(16)11-20-21/h3-11,15,17H,2,19H2,1H3. The lowest BCUT2D eigenvalue weighted by Gasteiger charge is -2.25. The van der Waals surface area contributed by atoms with Crippen molar-refractivity contribution >= 4 is 26.8 Å². The Bertz CT molecular complexity index is 750. The van der Waals surface area contributed by atoms with E-state index in [1.165, 1.54) is 5.56 Å². The predicted molar refractivity (Wildman–Crippen MR) is 90.3 cm³/mol. The zero-order valence-corrected chi connectivity index (χ0v) is 13.5. The van der Waals surface area contributed by atoms with Crippen LogP contribution < -0.4 is 5.73 Å². The summed E-state index contributed by atoms with van der Waals surface area (Å²) in [4.78, 5) is 0. The summed E-state index contributed by atoms with van der Waals surface area (Å²) < 4.78 is 3.11. The lowest BCUT2D eigenvalue weighted by molar-refractivity contribution is 0.433. The van der Waals surface area contributed by atoms with E-state index in [-0.39, 0.29) is 12.1 Å². The third-order valence-corrected chi connectivity index (χ3v) is 4.59. The van der Waals surface area contributed by atoms with Gasteiger partial charge in [0.2, 0.25) is 0 Å². The third-order valence-electron chi connectivity index (χ3n) is 3.87. The van der Waals surface area contributed by atoms with Gasteiger partial charge in [0.05, 0.1) is 17.8 Å². The lowest BCUT2D eigenvalue weighted by Crippen LogP contribution is -2.33. The molecule has 0 aliphatic heterocycles. The first-order valence-electron chi connectivity index (χ1n) is 7.14. The van der Waals surface area contributed by atoms with Crippen LogP contribution in [0, 0.1) is 0 Å². The van der Waals surface area contributed by atoms with Gasteiger partial charge in [-0.25, -0.2) is 0 Å². The molecule has 0 aliphatic carbocycles. The van der Waals surface area contributed by atoms with Gasteiger partial charge < -0.3 is 5.73 Å². The highest BCUT2D eigenvalue weighted by Gasteiger charge is 2.24. The number of para-hydroxylation sites is 1. The van der Waals surface area contributed by atoms with E-state index in [9.17, 15) is 0 Å². The van der Waals surface area contributed by atoms with E-state index in [4.69, 9.17) is 5.73 Å². The highest BCUT2D eigenvalue weighted by molar-refractivity contribution is 9.10. The van der Waals surface area contributed by atoms with E-state index in [1.54, 1.807) is 0 Å². The Hall–Kier alpha value is -1.65. The molecular weight excluding hydrogens is 326 g/mol. The highest BCUT2D eigenvalue weighted by atomic mass is 79.9. The van der Waals surface area contributed by atoms with Gasteiger partial charge in [-0.2, -0.15) is 5.10 Å². The summed E-state index contributed by atoms with van der Waals surface area (Å²) in [6.07, 6.45) is 2.79. The van der Waals surface area contributed by atoms with Gasteiger partial charge in [-0.1, -0.05) is 59.3 Å². The van der Waals surface area contributed by atoms with E-state index in [1.807, 2.05) is 35.1 Å². The van der Waals surface area contributed by atoms with Gasteiger partial charge in [0.25, 0.3) is 0 Å². The average Bonchev–Trinajstić information content (AvgIpc) is 2.93. The van der Waals surface area contributed by atoms with E-state index in [0.717, 1.165) is 21.8 Å². The lowest BCUT2D eigenvalue weighted by atomic mass is 9.98. The van der Waals surface area contributed by atoms with E-state index in [0.29, 0.717) is 0 Å². The summed E-state index contributed by atoms with van der Waals surface area (Å²) in [5, 5.41) is 5.73. The van der Waals surface area contributed by atoms with Gasteiger partial charge >= 0.3 is 0 Å². The molecule has 2 unspecified atom stereocenters. The molecule has 0 bridgehead atoms. The predicted octanol–water partition coefficient (Wildman–Crippen LogP) is 4.13. The number of rotatable bonds is 4.